The summed E-state index contributed by atoms with van der Waals surface area (Å²) in [5.74, 6) is 0. The van der Waals surface area contributed by atoms with E-state index in [1.807, 2.05) is 24.4 Å². The van der Waals surface area contributed by atoms with E-state index in [1.165, 1.54) is 11.1 Å². The molecule has 1 atom stereocenters. The molecule has 0 saturated carbocycles. The van der Waals surface area contributed by atoms with Crippen LogP contribution in [-0.2, 0) is 10.3 Å². The van der Waals surface area contributed by atoms with Gasteiger partial charge in [-0.15, -0.1) is 12.4 Å². The molecular formula is C19H27ClN2O. The molecule has 1 heterocycles. The quantitative estimate of drug-likeness (QED) is 0.799. The SMILES string of the molecule is Cc1ccc(C(C)(OCCN(C)C)c2ccccn2)cc1C.Cl. The molecule has 0 spiro atoms. The predicted molar refractivity (Wildman–Crippen MR) is 98.4 cm³/mol. The predicted octanol–water partition coefficient (Wildman–Crippen LogP) is 3.96. The molecule has 0 aliphatic heterocycles. The number of nitrogens with zero attached hydrogens (tertiary/aromatic N) is 2. The molecule has 0 radical (unpaired) electrons. The second-order valence-electron chi connectivity index (χ2n) is 6.20. The number of pyridine rings is 1. The molecule has 1 aromatic carbocycles. The summed E-state index contributed by atoms with van der Waals surface area (Å²) in [4.78, 5) is 6.66. The Labute approximate surface area is 146 Å². The minimum Gasteiger partial charge on any atom is -0.363 e. The number of ether oxygens (including phenoxy) is 1. The molecule has 126 valence electrons. The first-order valence-electron chi connectivity index (χ1n) is 7.71. The first kappa shape index (κ1) is 19.6. The minimum atomic E-state index is -0.532. The zero-order valence-corrected chi connectivity index (χ0v) is 15.5. The molecule has 0 fully saturated rings. The van der Waals surface area contributed by atoms with Gasteiger partial charge in [-0.25, -0.2) is 0 Å². The van der Waals surface area contributed by atoms with Gasteiger partial charge >= 0.3 is 0 Å². The number of hydrogen-bond donors (Lipinski definition) is 0. The topological polar surface area (TPSA) is 25.4 Å². The molecule has 4 heteroatoms. The normalized spacial score (nSPS) is 13.5. The van der Waals surface area contributed by atoms with Crippen LogP contribution in [0.5, 0.6) is 0 Å². The number of benzene rings is 1. The van der Waals surface area contributed by atoms with Gasteiger partial charge in [0.25, 0.3) is 0 Å². The van der Waals surface area contributed by atoms with Crippen molar-refractivity contribution in [1.82, 2.24) is 9.88 Å². The summed E-state index contributed by atoms with van der Waals surface area (Å²) in [7, 11) is 4.11. The maximum absolute atomic E-state index is 6.30. The summed E-state index contributed by atoms with van der Waals surface area (Å²) in [6.07, 6.45) is 1.82. The largest absolute Gasteiger partial charge is 0.363 e. The van der Waals surface area contributed by atoms with Gasteiger partial charge in [-0.2, -0.15) is 0 Å². The highest BCUT2D eigenvalue weighted by Crippen LogP contribution is 2.33. The first-order chi connectivity index (χ1) is 10.4. The Morgan fingerprint density at radius 3 is 2.39 bits per heavy atom. The highest BCUT2D eigenvalue weighted by atomic mass is 35.5. The first-order valence-corrected chi connectivity index (χ1v) is 7.71. The fourth-order valence-corrected chi connectivity index (χ4v) is 2.42. The molecule has 2 aromatic rings. The Balaban J connectivity index is 0.00000264. The van der Waals surface area contributed by atoms with E-state index in [-0.39, 0.29) is 12.4 Å². The van der Waals surface area contributed by atoms with Gasteiger partial charge in [0, 0.05) is 12.7 Å². The third-order valence-electron chi connectivity index (χ3n) is 4.14. The molecule has 0 aliphatic carbocycles. The van der Waals surface area contributed by atoms with E-state index in [4.69, 9.17) is 4.74 Å². The van der Waals surface area contributed by atoms with Crippen molar-refractivity contribution in [3.8, 4) is 0 Å². The van der Waals surface area contributed by atoms with Crippen LogP contribution in [0.15, 0.2) is 42.6 Å². The van der Waals surface area contributed by atoms with Crippen LogP contribution < -0.4 is 0 Å². The van der Waals surface area contributed by atoms with E-state index < -0.39 is 5.60 Å². The average Bonchev–Trinajstić information content (AvgIpc) is 2.50. The van der Waals surface area contributed by atoms with Crippen LogP contribution in [0, 0.1) is 13.8 Å². The van der Waals surface area contributed by atoms with Gasteiger partial charge in [0.1, 0.15) is 5.60 Å². The van der Waals surface area contributed by atoms with Crippen molar-refractivity contribution in [2.75, 3.05) is 27.2 Å². The highest BCUT2D eigenvalue weighted by Gasteiger charge is 2.31. The fourth-order valence-electron chi connectivity index (χ4n) is 2.42. The number of aryl methyl sites for hydroxylation is 2. The summed E-state index contributed by atoms with van der Waals surface area (Å²) < 4.78 is 6.30. The maximum atomic E-state index is 6.30. The van der Waals surface area contributed by atoms with Gasteiger partial charge in [-0.3, -0.25) is 4.98 Å². The van der Waals surface area contributed by atoms with Crippen molar-refractivity contribution in [3.63, 3.8) is 0 Å². The van der Waals surface area contributed by atoms with Crippen LogP contribution in [-0.4, -0.2) is 37.1 Å². The minimum absolute atomic E-state index is 0. The van der Waals surface area contributed by atoms with Gasteiger partial charge in [-0.05, 0) is 63.7 Å². The highest BCUT2D eigenvalue weighted by molar-refractivity contribution is 5.85. The van der Waals surface area contributed by atoms with Gasteiger partial charge in [0.15, 0.2) is 0 Å². The fraction of sp³-hybridized carbons (Fsp3) is 0.421. The lowest BCUT2D eigenvalue weighted by Gasteiger charge is -2.31. The third kappa shape index (κ3) is 4.77. The lowest BCUT2D eigenvalue weighted by molar-refractivity contribution is -0.0131. The Kier molecular flexibility index (Phi) is 7.20. The molecule has 0 aliphatic rings. The second kappa shape index (κ2) is 8.44. The molecule has 0 bridgehead atoms. The van der Waals surface area contributed by atoms with E-state index in [2.05, 4.69) is 62.9 Å². The number of aromatic nitrogens is 1. The van der Waals surface area contributed by atoms with Crippen molar-refractivity contribution in [2.45, 2.75) is 26.4 Å². The number of rotatable bonds is 6. The molecule has 1 unspecified atom stereocenters. The van der Waals surface area contributed by atoms with E-state index >= 15 is 0 Å². The summed E-state index contributed by atoms with van der Waals surface area (Å²) in [6.45, 7) is 7.91. The Morgan fingerprint density at radius 2 is 1.83 bits per heavy atom. The van der Waals surface area contributed by atoms with Crippen LogP contribution in [0.4, 0.5) is 0 Å². The average molecular weight is 335 g/mol. The van der Waals surface area contributed by atoms with Gasteiger partial charge < -0.3 is 9.64 Å². The molecule has 23 heavy (non-hydrogen) atoms. The van der Waals surface area contributed by atoms with Crippen LogP contribution in [0.3, 0.4) is 0 Å². The molecule has 0 saturated heterocycles. The molecule has 0 N–H and O–H groups in total. The molecule has 1 aromatic heterocycles. The van der Waals surface area contributed by atoms with Crippen molar-refractivity contribution in [1.29, 1.82) is 0 Å². The lowest BCUT2D eigenvalue weighted by Crippen LogP contribution is -2.32. The van der Waals surface area contributed by atoms with Crippen molar-refractivity contribution in [3.05, 3.63) is 65.0 Å². The van der Waals surface area contributed by atoms with Gasteiger partial charge in [0.2, 0.25) is 0 Å². The Bertz CT molecular complexity index is 616. The van der Waals surface area contributed by atoms with Gasteiger partial charge in [-0.1, -0.05) is 24.3 Å². The summed E-state index contributed by atoms with van der Waals surface area (Å²) in [5.41, 5.74) is 4.12. The number of likely N-dealkylation sites (N-methyl/N-ethyl adjacent to an activating group) is 1. The smallest absolute Gasteiger partial charge is 0.132 e. The molecule has 0 amide bonds. The van der Waals surface area contributed by atoms with Crippen molar-refractivity contribution in [2.24, 2.45) is 0 Å². The number of hydrogen-bond acceptors (Lipinski definition) is 3. The summed E-state index contributed by atoms with van der Waals surface area (Å²) in [6, 6.07) is 12.5. The Morgan fingerprint density at radius 1 is 1.09 bits per heavy atom. The molecule has 2 rings (SSSR count). The van der Waals surface area contributed by atoms with Crippen LogP contribution in [0.1, 0.15) is 29.3 Å². The zero-order chi connectivity index (χ0) is 16.2. The van der Waals surface area contributed by atoms with Gasteiger partial charge in [0.05, 0.1) is 12.3 Å². The van der Waals surface area contributed by atoms with Crippen LogP contribution in [0.2, 0.25) is 0 Å². The molecular weight excluding hydrogens is 308 g/mol. The summed E-state index contributed by atoms with van der Waals surface area (Å²) >= 11 is 0. The van der Waals surface area contributed by atoms with E-state index in [9.17, 15) is 0 Å². The van der Waals surface area contributed by atoms with E-state index in [0.717, 1.165) is 17.8 Å². The maximum Gasteiger partial charge on any atom is 0.132 e. The van der Waals surface area contributed by atoms with Crippen molar-refractivity contribution < 1.29 is 4.74 Å². The van der Waals surface area contributed by atoms with Crippen molar-refractivity contribution >= 4 is 12.4 Å². The zero-order valence-electron chi connectivity index (χ0n) is 14.7. The standard InChI is InChI=1S/C19H26N2O.ClH/c1-15-9-10-17(14-16(15)2)19(3,22-13-12-21(4)5)18-8-6-7-11-20-18;/h6-11,14H,12-13H2,1-5H3;1H. The van der Waals surface area contributed by atoms with Crippen LogP contribution in [0.25, 0.3) is 0 Å². The van der Waals surface area contributed by atoms with Crippen LogP contribution >= 0.6 is 12.4 Å². The monoisotopic (exact) mass is 334 g/mol. The van der Waals surface area contributed by atoms with E-state index in [0.29, 0.717) is 6.61 Å². The second-order valence-corrected chi connectivity index (χ2v) is 6.20. The Hall–Kier alpha value is -1.42. The van der Waals surface area contributed by atoms with E-state index in [1.54, 1.807) is 0 Å². The lowest BCUT2D eigenvalue weighted by atomic mass is 9.89. The summed E-state index contributed by atoms with van der Waals surface area (Å²) in [5, 5.41) is 0. The number of halogens is 1. The molecule has 3 nitrogen and oxygen atoms in total. The third-order valence-corrected chi connectivity index (χ3v) is 4.14.